The summed E-state index contributed by atoms with van der Waals surface area (Å²) in [6.45, 7) is -0.426. The van der Waals surface area contributed by atoms with Crippen molar-refractivity contribution in [2.24, 2.45) is 0 Å². The van der Waals surface area contributed by atoms with E-state index in [1.54, 1.807) is 26.6 Å². The van der Waals surface area contributed by atoms with Crippen LogP contribution in [-0.4, -0.2) is 83.7 Å². The smallest absolute Gasteiger partial charge is 0.254 e. The van der Waals surface area contributed by atoms with Crippen LogP contribution < -0.4 is 10.1 Å². The van der Waals surface area contributed by atoms with Gasteiger partial charge in [0.2, 0.25) is 0 Å². The Morgan fingerprint density at radius 2 is 1.91 bits per heavy atom. The van der Waals surface area contributed by atoms with Gasteiger partial charge >= 0.3 is 0 Å². The van der Waals surface area contributed by atoms with E-state index >= 15 is 0 Å². The van der Waals surface area contributed by atoms with Gasteiger partial charge in [0, 0.05) is 18.8 Å². The first kappa shape index (κ1) is 21.3. The minimum atomic E-state index is -1.26. The van der Waals surface area contributed by atoms with Gasteiger partial charge in [0.15, 0.2) is 23.2 Å². The average molecular weight is 453 g/mol. The summed E-state index contributed by atoms with van der Waals surface area (Å²) in [5.41, 5.74) is 2.65. The van der Waals surface area contributed by atoms with E-state index < -0.39 is 31.1 Å². The highest BCUT2D eigenvalue weighted by atomic mass is 16.6. The molecule has 0 amide bonds. The fourth-order valence-corrected chi connectivity index (χ4v) is 3.84. The molecule has 0 saturated carbocycles. The predicted molar refractivity (Wildman–Crippen MR) is 117 cm³/mol. The summed E-state index contributed by atoms with van der Waals surface area (Å²) in [6, 6.07) is 7.60. The quantitative estimate of drug-likeness (QED) is 0.321. The summed E-state index contributed by atoms with van der Waals surface area (Å²) < 4.78 is 13.9. The molecule has 0 radical (unpaired) electrons. The first-order valence-corrected chi connectivity index (χ1v) is 10.3. The number of aliphatic hydroxyl groups excluding tert-OH is 3. The maximum absolute atomic E-state index is 10.4. The summed E-state index contributed by atoms with van der Waals surface area (Å²) in [7, 11) is 3.33. The van der Waals surface area contributed by atoms with Gasteiger partial charge in [0.05, 0.1) is 26.2 Å². The minimum Gasteiger partial charge on any atom is -0.497 e. The lowest BCUT2D eigenvalue weighted by atomic mass is 10.1. The van der Waals surface area contributed by atoms with Gasteiger partial charge in [-0.25, -0.2) is 9.67 Å². The number of benzene rings is 1. The van der Waals surface area contributed by atoms with Crippen molar-refractivity contribution in [1.82, 2.24) is 29.3 Å². The van der Waals surface area contributed by atoms with Crippen molar-refractivity contribution >= 4 is 17.0 Å². The van der Waals surface area contributed by atoms with Gasteiger partial charge in [-0.2, -0.15) is 15.1 Å². The van der Waals surface area contributed by atoms with Crippen LogP contribution in [0, 0.1) is 0 Å². The largest absolute Gasteiger partial charge is 0.497 e. The molecule has 4 aromatic rings. The van der Waals surface area contributed by atoms with Crippen molar-refractivity contribution in [3.63, 3.8) is 0 Å². The van der Waals surface area contributed by atoms with Crippen molar-refractivity contribution in [2.75, 3.05) is 26.1 Å². The standard InChI is InChI=1S/C21H23N7O5/c1-22-18-15-19(27(10-23-15)20-17(31)16(30)14(9-29)33-20)26-21(25-18)28-8-12(7-24-28)11-3-5-13(32-2)6-4-11/h3-8,10,14,16-17,20,29-31H,9H2,1-2H3,(H,22,25,26). The molecule has 0 aliphatic carbocycles. The van der Waals surface area contributed by atoms with E-state index in [-0.39, 0.29) is 5.95 Å². The van der Waals surface area contributed by atoms with E-state index in [4.69, 9.17) is 9.47 Å². The number of aromatic nitrogens is 6. The lowest BCUT2D eigenvalue weighted by Gasteiger charge is -2.17. The second-order valence-corrected chi connectivity index (χ2v) is 7.58. The van der Waals surface area contributed by atoms with Crippen molar-refractivity contribution in [2.45, 2.75) is 24.5 Å². The molecule has 1 saturated heterocycles. The van der Waals surface area contributed by atoms with Crippen LogP contribution in [0.25, 0.3) is 28.2 Å². The summed E-state index contributed by atoms with van der Waals surface area (Å²) >= 11 is 0. The molecule has 4 atom stereocenters. The number of nitrogens with zero attached hydrogens (tertiary/aromatic N) is 6. The molecular formula is C21H23N7O5. The molecule has 4 heterocycles. The maximum atomic E-state index is 10.4. The number of aliphatic hydroxyl groups is 3. The number of anilines is 1. The first-order chi connectivity index (χ1) is 16.0. The van der Waals surface area contributed by atoms with Crippen LogP contribution in [0.1, 0.15) is 6.23 Å². The molecule has 1 aliphatic heterocycles. The Morgan fingerprint density at radius 3 is 2.58 bits per heavy atom. The molecule has 33 heavy (non-hydrogen) atoms. The summed E-state index contributed by atoms with van der Waals surface area (Å²) in [5, 5.41) is 37.4. The Bertz CT molecular complexity index is 1270. The van der Waals surface area contributed by atoms with Crippen molar-refractivity contribution < 1.29 is 24.8 Å². The molecule has 1 aromatic carbocycles. The molecule has 12 nitrogen and oxygen atoms in total. The van der Waals surface area contributed by atoms with Crippen LogP contribution in [0.2, 0.25) is 0 Å². The molecule has 0 bridgehead atoms. The van der Waals surface area contributed by atoms with Gasteiger partial charge in [-0.3, -0.25) is 4.57 Å². The number of imidazole rings is 1. The Labute approximate surface area is 188 Å². The first-order valence-electron chi connectivity index (χ1n) is 10.3. The van der Waals surface area contributed by atoms with Gasteiger partial charge in [-0.15, -0.1) is 0 Å². The number of methoxy groups -OCH3 is 1. The molecule has 5 rings (SSSR count). The molecule has 172 valence electrons. The Hall–Kier alpha value is -3.58. The van der Waals surface area contributed by atoms with E-state index in [0.29, 0.717) is 17.0 Å². The summed E-state index contributed by atoms with van der Waals surface area (Å²) in [6.07, 6.45) is 0.583. The molecule has 4 unspecified atom stereocenters. The summed E-state index contributed by atoms with van der Waals surface area (Å²) in [4.78, 5) is 13.5. The van der Waals surface area contributed by atoms with E-state index in [1.807, 2.05) is 24.3 Å². The van der Waals surface area contributed by atoms with Crippen molar-refractivity contribution in [3.8, 4) is 22.8 Å². The summed E-state index contributed by atoms with van der Waals surface area (Å²) in [5.74, 6) is 1.50. The lowest BCUT2D eigenvalue weighted by molar-refractivity contribution is -0.0511. The highest BCUT2D eigenvalue weighted by molar-refractivity contribution is 5.83. The monoisotopic (exact) mass is 453 g/mol. The van der Waals surface area contributed by atoms with Gasteiger partial charge in [-0.1, -0.05) is 12.1 Å². The number of hydrogen-bond donors (Lipinski definition) is 4. The third-order valence-corrected chi connectivity index (χ3v) is 5.65. The third kappa shape index (κ3) is 3.58. The Balaban J connectivity index is 1.55. The molecule has 12 heteroatoms. The molecule has 4 N–H and O–H groups in total. The van der Waals surface area contributed by atoms with Crippen LogP contribution >= 0.6 is 0 Å². The predicted octanol–water partition coefficient (Wildman–Crippen LogP) is 0.341. The van der Waals surface area contributed by atoms with Crippen LogP contribution in [0.3, 0.4) is 0 Å². The van der Waals surface area contributed by atoms with Gasteiger partial charge in [0.25, 0.3) is 5.95 Å². The molecule has 0 spiro atoms. The van der Waals surface area contributed by atoms with Gasteiger partial charge < -0.3 is 30.1 Å². The average Bonchev–Trinajstić information content (AvgIpc) is 3.57. The number of nitrogens with one attached hydrogen (secondary N) is 1. The normalized spacial score (nSPS) is 22.7. The van der Waals surface area contributed by atoms with Gasteiger partial charge in [-0.05, 0) is 17.7 Å². The van der Waals surface area contributed by atoms with Crippen LogP contribution in [0.15, 0.2) is 43.0 Å². The fourth-order valence-electron chi connectivity index (χ4n) is 3.84. The number of rotatable bonds is 6. The topological polar surface area (TPSA) is 153 Å². The maximum Gasteiger partial charge on any atom is 0.254 e. The Morgan fingerprint density at radius 1 is 1.12 bits per heavy atom. The number of ether oxygens (including phenoxy) is 2. The van der Waals surface area contributed by atoms with E-state index in [0.717, 1.165) is 16.9 Å². The second-order valence-electron chi connectivity index (χ2n) is 7.58. The minimum absolute atomic E-state index is 0.278. The zero-order valence-corrected chi connectivity index (χ0v) is 17.9. The molecule has 1 aliphatic rings. The van der Waals surface area contributed by atoms with Crippen LogP contribution in [-0.2, 0) is 4.74 Å². The highest BCUT2D eigenvalue weighted by Crippen LogP contribution is 2.32. The zero-order chi connectivity index (χ0) is 23.1. The van der Waals surface area contributed by atoms with E-state index in [2.05, 4.69) is 25.4 Å². The number of hydrogen-bond acceptors (Lipinski definition) is 10. The zero-order valence-electron chi connectivity index (χ0n) is 17.9. The van der Waals surface area contributed by atoms with Crippen LogP contribution in [0.5, 0.6) is 5.75 Å². The van der Waals surface area contributed by atoms with Crippen molar-refractivity contribution in [3.05, 3.63) is 43.0 Å². The second kappa shape index (κ2) is 8.41. The van der Waals surface area contributed by atoms with Crippen molar-refractivity contribution in [1.29, 1.82) is 0 Å². The third-order valence-electron chi connectivity index (χ3n) is 5.65. The van der Waals surface area contributed by atoms with Crippen LogP contribution in [0.4, 0.5) is 5.82 Å². The Kier molecular flexibility index (Phi) is 5.42. The molecular weight excluding hydrogens is 430 g/mol. The fraction of sp³-hybridized carbons (Fsp3) is 0.333. The van der Waals surface area contributed by atoms with Gasteiger partial charge in [0.1, 0.15) is 24.1 Å². The highest BCUT2D eigenvalue weighted by Gasteiger charge is 2.44. The number of fused-ring (bicyclic) bond motifs is 1. The lowest BCUT2D eigenvalue weighted by Crippen LogP contribution is -2.33. The molecule has 1 fully saturated rings. The molecule has 3 aromatic heterocycles. The SMILES string of the molecule is CNc1nc(-n2cc(-c3ccc(OC)cc3)cn2)nc2c1ncn2C1OC(CO)C(O)C1O. The van der Waals surface area contributed by atoms with E-state index in [1.165, 1.54) is 15.6 Å². The van der Waals surface area contributed by atoms with E-state index in [9.17, 15) is 15.3 Å².